The third-order valence-corrected chi connectivity index (χ3v) is 14.9. The molecule has 1 unspecified atom stereocenters. The van der Waals surface area contributed by atoms with E-state index in [1.807, 2.05) is 0 Å². The fourth-order valence-corrected chi connectivity index (χ4v) is 9.68. The maximum atomic E-state index is 13.0. The molecule has 0 radical (unpaired) electrons. The highest BCUT2D eigenvalue weighted by atomic mass is 16.6. The minimum atomic E-state index is -0.794. The van der Waals surface area contributed by atoms with Gasteiger partial charge in [0.05, 0.1) is 0 Å². The molecule has 0 fully saturated rings. The van der Waals surface area contributed by atoms with Crippen LogP contribution in [0.4, 0.5) is 0 Å². The van der Waals surface area contributed by atoms with E-state index >= 15 is 0 Å². The molecule has 474 valence electrons. The molecule has 0 bridgehead atoms. The molecular weight excluding hydrogens is 1020 g/mol. The highest BCUT2D eigenvalue weighted by Gasteiger charge is 2.19. The van der Waals surface area contributed by atoms with E-state index in [9.17, 15) is 14.4 Å². The largest absolute Gasteiger partial charge is 0.462 e. The minimum Gasteiger partial charge on any atom is -0.462 e. The van der Waals surface area contributed by atoms with Crippen molar-refractivity contribution < 1.29 is 28.6 Å². The zero-order valence-corrected chi connectivity index (χ0v) is 54.4. The van der Waals surface area contributed by atoms with Gasteiger partial charge in [0, 0.05) is 19.3 Å². The zero-order valence-electron chi connectivity index (χ0n) is 54.4. The van der Waals surface area contributed by atoms with Gasteiger partial charge >= 0.3 is 17.9 Å². The molecule has 0 heterocycles. The number of unbranched alkanes of at least 4 members (excludes halogenated alkanes) is 32. The van der Waals surface area contributed by atoms with Crippen LogP contribution in [0.25, 0.3) is 0 Å². The number of carbonyl (C=O) groups is 3. The van der Waals surface area contributed by atoms with Crippen molar-refractivity contribution >= 4 is 17.9 Å². The molecule has 6 nitrogen and oxygen atoms in total. The molecule has 0 amide bonds. The van der Waals surface area contributed by atoms with Gasteiger partial charge in [0.1, 0.15) is 13.2 Å². The Labute approximate surface area is 513 Å². The van der Waals surface area contributed by atoms with Crippen LogP contribution in [0.15, 0.2) is 122 Å². The molecule has 6 heteroatoms. The highest BCUT2D eigenvalue weighted by Crippen LogP contribution is 2.16. The van der Waals surface area contributed by atoms with Crippen LogP contribution >= 0.6 is 0 Å². The minimum absolute atomic E-state index is 0.0877. The Bertz CT molecular complexity index is 1700. The summed E-state index contributed by atoms with van der Waals surface area (Å²) in [5, 5.41) is 0. The van der Waals surface area contributed by atoms with Crippen molar-refractivity contribution in [2.45, 2.75) is 335 Å². The molecule has 1 atom stereocenters. The van der Waals surface area contributed by atoms with Gasteiger partial charge in [-0.05, 0) is 135 Å². The van der Waals surface area contributed by atoms with Crippen LogP contribution in [0.2, 0.25) is 0 Å². The topological polar surface area (TPSA) is 78.9 Å². The molecule has 0 spiro atoms. The van der Waals surface area contributed by atoms with Gasteiger partial charge < -0.3 is 14.2 Å². The number of allylic oxidation sites excluding steroid dienone is 20. The lowest BCUT2D eigenvalue weighted by Crippen LogP contribution is -2.30. The maximum absolute atomic E-state index is 13.0. The van der Waals surface area contributed by atoms with Crippen molar-refractivity contribution in [3.63, 3.8) is 0 Å². The van der Waals surface area contributed by atoms with Gasteiger partial charge in [-0.15, -0.1) is 0 Å². The summed E-state index contributed by atoms with van der Waals surface area (Å²) in [7, 11) is 0. The van der Waals surface area contributed by atoms with Crippen LogP contribution in [0, 0.1) is 0 Å². The summed E-state index contributed by atoms with van der Waals surface area (Å²) in [6.07, 6.45) is 97.8. The number of ether oxygens (including phenoxy) is 3. The van der Waals surface area contributed by atoms with E-state index in [0.717, 1.165) is 122 Å². The number of carbonyl (C=O) groups excluding carboxylic acids is 3. The predicted molar refractivity (Wildman–Crippen MR) is 362 cm³/mol. The second kappa shape index (κ2) is 70.3. The summed E-state index contributed by atoms with van der Waals surface area (Å²) in [5.74, 6) is -0.901. The first-order valence-electron chi connectivity index (χ1n) is 35.0. The van der Waals surface area contributed by atoms with E-state index in [2.05, 4.69) is 142 Å². The summed E-state index contributed by atoms with van der Waals surface area (Å²) in [6, 6.07) is 0. The van der Waals surface area contributed by atoms with Crippen molar-refractivity contribution in [2.24, 2.45) is 0 Å². The Morgan fingerprint density at radius 3 is 0.759 bits per heavy atom. The van der Waals surface area contributed by atoms with Crippen molar-refractivity contribution in [1.29, 1.82) is 0 Å². The first kappa shape index (κ1) is 78.8. The van der Waals surface area contributed by atoms with E-state index in [4.69, 9.17) is 14.2 Å². The van der Waals surface area contributed by atoms with Gasteiger partial charge in [-0.2, -0.15) is 0 Å². The molecule has 0 rings (SSSR count). The molecule has 83 heavy (non-hydrogen) atoms. The smallest absolute Gasteiger partial charge is 0.306 e. The van der Waals surface area contributed by atoms with E-state index in [1.165, 1.54) is 167 Å². The molecule has 0 N–H and O–H groups in total. The maximum Gasteiger partial charge on any atom is 0.306 e. The van der Waals surface area contributed by atoms with Crippen LogP contribution in [0.5, 0.6) is 0 Å². The summed E-state index contributed by atoms with van der Waals surface area (Å²) >= 11 is 0. The Morgan fingerprint density at radius 2 is 0.470 bits per heavy atom. The standard InChI is InChI=1S/C77H130O6/c1-4-7-10-13-16-19-22-25-28-31-34-35-36-37-38-39-40-41-42-43-44-47-49-52-55-58-61-64-67-70-76(79)82-73-74(83-77(80)71-68-65-62-59-56-53-50-46-33-30-27-24-21-18-15-12-9-6-3)72-81-75(78)69-66-63-60-57-54-51-48-45-32-29-26-23-20-17-14-11-8-5-2/h7,10,16,19,21,24-25,28-30,32-35,37-38,40-41,43-44,74H,4-6,8-9,11-15,17-18,20,22-23,26-27,31,36,39,42,45-73H2,1-3H3/b10-7-,19-16-,24-21-,28-25-,32-29-,33-30-,35-34-,38-37-,41-40-,44-43-. The third kappa shape index (κ3) is 68.5. The third-order valence-electron chi connectivity index (χ3n) is 14.9. The van der Waals surface area contributed by atoms with E-state index < -0.39 is 6.10 Å². The quantitative estimate of drug-likeness (QED) is 0.0261. The van der Waals surface area contributed by atoms with E-state index in [0.29, 0.717) is 19.3 Å². The van der Waals surface area contributed by atoms with E-state index in [-0.39, 0.29) is 31.1 Å². The van der Waals surface area contributed by atoms with Crippen LogP contribution in [0.1, 0.15) is 329 Å². The van der Waals surface area contributed by atoms with Crippen LogP contribution in [-0.2, 0) is 28.6 Å². The molecule has 0 aromatic carbocycles. The summed E-state index contributed by atoms with van der Waals surface area (Å²) in [4.78, 5) is 38.5. The average molecular weight is 1150 g/mol. The lowest BCUT2D eigenvalue weighted by molar-refractivity contribution is -0.167. The van der Waals surface area contributed by atoms with Crippen molar-refractivity contribution in [3.05, 3.63) is 122 Å². The normalized spacial score (nSPS) is 12.9. The number of esters is 3. The predicted octanol–water partition coefficient (Wildman–Crippen LogP) is 24.3. The highest BCUT2D eigenvalue weighted by molar-refractivity contribution is 5.71. The Morgan fingerprint density at radius 1 is 0.253 bits per heavy atom. The van der Waals surface area contributed by atoms with Gasteiger partial charge in [-0.1, -0.05) is 296 Å². The van der Waals surface area contributed by atoms with Gasteiger partial charge in [-0.25, -0.2) is 0 Å². The number of rotatable bonds is 63. The summed E-state index contributed by atoms with van der Waals surface area (Å²) in [6.45, 7) is 6.52. The molecule has 0 saturated carbocycles. The van der Waals surface area contributed by atoms with Crippen LogP contribution in [0.3, 0.4) is 0 Å². The van der Waals surface area contributed by atoms with Crippen molar-refractivity contribution in [2.75, 3.05) is 13.2 Å². The van der Waals surface area contributed by atoms with Gasteiger partial charge in [0.25, 0.3) is 0 Å². The summed E-state index contributed by atoms with van der Waals surface area (Å²) in [5.41, 5.74) is 0. The van der Waals surface area contributed by atoms with E-state index in [1.54, 1.807) is 0 Å². The molecule has 0 aromatic rings. The van der Waals surface area contributed by atoms with Crippen molar-refractivity contribution in [1.82, 2.24) is 0 Å². The first-order valence-corrected chi connectivity index (χ1v) is 35.0. The second-order valence-electron chi connectivity index (χ2n) is 23.1. The zero-order chi connectivity index (χ0) is 59.9. The van der Waals surface area contributed by atoms with Crippen molar-refractivity contribution in [3.8, 4) is 0 Å². The monoisotopic (exact) mass is 1150 g/mol. The lowest BCUT2D eigenvalue weighted by atomic mass is 10.1. The first-order chi connectivity index (χ1) is 41.0. The average Bonchev–Trinajstić information content (AvgIpc) is 3.49. The number of hydrogen-bond donors (Lipinski definition) is 0. The molecule has 0 aliphatic rings. The van der Waals surface area contributed by atoms with Gasteiger partial charge in [0.15, 0.2) is 6.10 Å². The summed E-state index contributed by atoms with van der Waals surface area (Å²) < 4.78 is 17.0. The Hall–Kier alpha value is -4.19. The lowest BCUT2D eigenvalue weighted by Gasteiger charge is -2.18. The molecule has 0 aromatic heterocycles. The SMILES string of the molecule is CC/C=C\C/C=C\C/C=C\C/C=C\C/C=C\C/C=C\C/C=C\CCCCCCCCCC(=O)OCC(COC(=O)CCCCCCCCC/C=C\CCCCCCCCC)OC(=O)CCCCCCCCC/C=C\C/C=C\CCCCCC. The fraction of sp³-hybridized carbons (Fsp3) is 0.701. The number of hydrogen-bond acceptors (Lipinski definition) is 6. The molecule has 0 aliphatic carbocycles. The van der Waals surface area contributed by atoms with Crippen LogP contribution in [-0.4, -0.2) is 37.2 Å². The molecular formula is C77H130O6. The Kier molecular flexibility index (Phi) is 66.7. The fourth-order valence-electron chi connectivity index (χ4n) is 9.68. The Balaban J connectivity index is 4.39. The van der Waals surface area contributed by atoms with Gasteiger partial charge in [0.2, 0.25) is 0 Å². The second-order valence-corrected chi connectivity index (χ2v) is 23.1. The molecule has 0 aliphatic heterocycles. The molecule has 0 saturated heterocycles. The van der Waals surface area contributed by atoms with Crippen LogP contribution < -0.4 is 0 Å². The van der Waals surface area contributed by atoms with Gasteiger partial charge in [-0.3, -0.25) is 14.4 Å².